The van der Waals surface area contributed by atoms with Crippen molar-refractivity contribution in [1.82, 2.24) is 15.5 Å². The Kier molecular flexibility index (Phi) is 4.62. The summed E-state index contributed by atoms with van der Waals surface area (Å²) >= 11 is 0. The molecule has 1 aliphatic rings. The summed E-state index contributed by atoms with van der Waals surface area (Å²) in [6.45, 7) is -0.389. The van der Waals surface area contributed by atoms with Crippen LogP contribution in [0.5, 0.6) is 5.75 Å². The molecule has 3 rings (SSSR count). The van der Waals surface area contributed by atoms with Crippen LogP contribution in [0, 0.1) is 5.82 Å². The van der Waals surface area contributed by atoms with Gasteiger partial charge in [-0.3, -0.25) is 9.89 Å². The molecule has 0 spiro atoms. The van der Waals surface area contributed by atoms with Crippen LogP contribution in [-0.4, -0.2) is 35.4 Å². The van der Waals surface area contributed by atoms with Crippen LogP contribution in [0.15, 0.2) is 18.2 Å². The first-order chi connectivity index (χ1) is 11.8. The Balaban J connectivity index is 1.80. The highest BCUT2D eigenvalue weighted by Crippen LogP contribution is 2.28. The summed E-state index contributed by atoms with van der Waals surface area (Å²) < 4.78 is 54.9. The third-order valence-electron chi connectivity index (χ3n) is 3.60. The largest absolute Gasteiger partial charge is 0.482 e. The average Bonchev–Trinajstić information content (AvgIpc) is 2.98. The Morgan fingerprint density at radius 3 is 2.92 bits per heavy atom. The molecule has 1 aromatic heterocycles. The van der Waals surface area contributed by atoms with Crippen molar-refractivity contribution in [2.45, 2.75) is 19.1 Å². The average molecular weight is 358 g/mol. The normalized spacial score (nSPS) is 14.1. The van der Waals surface area contributed by atoms with E-state index < -0.39 is 30.3 Å². The number of carbonyl (C=O) groups excluding carboxylic acids is 1. The third-order valence-corrected chi connectivity index (χ3v) is 3.60. The lowest BCUT2D eigenvalue weighted by Crippen LogP contribution is -2.25. The number of fused-ring (bicyclic) bond motifs is 1. The van der Waals surface area contributed by atoms with Gasteiger partial charge in [-0.2, -0.15) is 18.3 Å². The van der Waals surface area contributed by atoms with Crippen molar-refractivity contribution < 1.29 is 27.1 Å². The highest BCUT2D eigenvalue weighted by molar-refractivity contribution is 6.04. The van der Waals surface area contributed by atoms with E-state index in [4.69, 9.17) is 0 Å². The van der Waals surface area contributed by atoms with Crippen LogP contribution < -0.4 is 15.4 Å². The van der Waals surface area contributed by atoms with Crippen molar-refractivity contribution in [2.75, 3.05) is 18.5 Å². The molecule has 0 aliphatic carbocycles. The molecule has 6 nitrogen and oxygen atoms in total. The number of nitrogens with one attached hydrogen (secondary N) is 3. The minimum Gasteiger partial charge on any atom is -0.482 e. The molecule has 0 atom stereocenters. The summed E-state index contributed by atoms with van der Waals surface area (Å²) in [6, 6.07) is 2.93. The Labute approximate surface area is 139 Å². The van der Waals surface area contributed by atoms with Gasteiger partial charge in [0.05, 0.1) is 5.69 Å². The molecular weight excluding hydrogens is 344 g/mol. The number of rotatable bonds is 4. The number of amides is 1. The Hall–Kier alpha value is -2.62. The molecule has 134 valence electrons. The van der Waals surface area contributed by atoms with Crippen LogP contribution in [0.3, 0.4) is 0 Å². The van der Waals surface area contributed by atoms with Gasteiger partial charge in [-0.15, -0.1) is 0 Å². The number of H-pyrrole nitrogens is 1. The molecule has 0 bridgehead atoms. The van der Waals surface area contributed by atoms with Crippen LogP contribution in [0.2, 0.25) is 0 Å². The lowest BCUT2D eigenvalue weighted by atomic mass is 10.1. The van der Waals surface area contributed by atoms with Crippen LogP contribution in [0.25, 0.3) is 0 Å². The maximum absolute atomic E-state index is 13.3. The first kappa shape index (κ1) is 17.2. The summed E-state index contributed by atoms with van der Waals surface area (Å²) in [6.07, 6.45) is -3.90. The van der Waals surface area contributed by atoms with Gasteiger partial charge in [0, 0.05) is 36.8 Å². The van der Waals surface area contributed by atoms with Crippen molar-refractivity contribution in [3.8, 4) is 5.75 Å². The zero-order valence-electron chi connectivity index (χ0n) is 12.8. The summed E-state index contributed by atoms with van der Waals surface area (Å²) in [5.41, 5.74) is 1.59. The van der Waals surface area contributed by atoms with Crippen LogP contribution in [-0.2, 0) is 13.0 Å². The first-order valence-corrected chi connectivity index (χ1v) is 7.41. The second kappa shape index (κ2) is 6.71. The number of hydrogen-bond acceptors (Lipinski definition) is 4. The second-order valence-electron chi connectivity index (χ2n) is 5.45. The fourth-order valence-electron chi connectivity index (χ4n) is 2.47. The van der Waals surface area contributed by atoms with Gasteiger partial charge in [0.1, 0.15) is 11.6 Å². The van der Waals surface area contributed by atoms with Gasteiger partial charge in [-0.1, -0.05) is 0 Å². The van der Waals surface area contributed by atoms with Crippen molar-refractivity contribution in [3.63, 3.8) is 0 Å². The van der Waals surface area contributed by atoms with E-state index in [2.05, 4.69) is 25.6 Å². The Bertz CT molecular complexity index is 788. The predicted octanol–water partition coefficient (Wildman–Crippen LogP) is 2.39. The van der Waals surface area contributed by atoms with E-state index in [0.717, 1.165) is 30.4 Å². The Morgan fingerprint density at radius 1 is 1.36 bits per heavy atom. The predicted molar refractivity (Wildman–Crippen MR) is 79.9 cm³/mol. The molecule has 25 heavy (non-hydrogen) atoms. The zero-order valence-corrected chi connectivity index (χ0v) is 12.8. The van der Waals surface area contributed by atoms with Crippen LogP contribution in [0.4, 0.5) is 23.2 Å². The van der Waals surface area contributed by atoms with Crippen molar-refractivity contribution in [2.24, 2.45) is 0 Å². The number of nitrogens with zero attached hydrogens (tertiary/aromatic N) is 1. The summed E-state index contributed by atoms with van der Waals surface area (Å²) in [4.78, 5) is 12.4. The standard InChI is InChI=1S/C15H14F4N4O2/c16-8-1-2-11(12(5-8)25-7-15(17,18)19)21-14(24)13-9-6-20-4-3-10(9)22-23-13/h1-2,5,20H,3-4,6-7H2,(H,21,24)(H,22,23). The summed E-state index contributed by atoms with van der Waals surface area (Å²) in [5.74, 6) is -1.81. The zero-order chi connectivity index (χ0) is 18.0. The molecule has 0 saturated carbocycles. The molecule has 1 amide bonds. The van der Waals surface area contributed by atoms with Gasteiger partial charge in [0.15, 0.2) is 12.3 Å². The summed E-state index contributed by atoms with van der Waals surface area (Å²) in [5, 5.41) is 12.2. The molecule has 0 saturated heterocycles. The molecule has 1 aliphatic heterocycles. The van der Waals surface area contributed by atoms with E-state index in [1.165, 1.54) is 0 Å². The van der Waals surface area contributed by atoms with Gasteiger partial charge in [-0.05, 0) is 12.1 Å². The van der Waals surface area contributed by atoms with E-state index in [-0.39, 0.29) is 11.4 Å². The van der Waals surface area contributed by atoms with E-state index in [0.29, 0.717) is 18.5 Å². The van der Waals surface area contributed by atoms with E-state index >= 15 is 0 Å². The van der Waals surface area contributed by atoms with Crippen molar-refractivity contribution >= 4 is 11.6 Å². The molecular formula is C15H14F4N4O2. The number of ether oxygens (including phenoxy) is 1. The van der Waals surface area contributed by atoms with Crippen molar-refractivity contribution in [1.29, 1.82) is 0 Å². The maximum atomic E-state index is 13.3. The highest BCUT2D eigenvalue weighted by Gasteiger charge is 2.29. The lowest BCUT2D eigenvalue weighted by molar-refractivity contribution is -0.153. The maximum Gasteiger partial charge on any atom is 0.422 e. The lowest BCUT2D eigenvalue weighted by Gasteiger charge is -2.15. The minimum absolute atomic E-state index is 0.0730. The summed E-state index contributed by atoms with van der Waals surface area (Å²) in [7, 11) is 0. The highest BCUT2D eigenvalue weighted by atomic mass is 19.4. The molecule has 2 heterocycles. The second-order valence-corrected chi connectivity index (χ2v) is 5.45. The molecule has 0 unspecified atom stereocenters. The van der Waals surface area contributed by atoms with Crippen LogP contribution >= 0.6 is 0 Å². The molecule has 0 radical (unpaired) electrons. The van der Waals surface area contributed by atoms with Gasteiger partial charge < -0.3 is 15.4 Å². The number of anilines is 1. The SMILES string of the molecule is O=C(Nc1ccc(F)cc1OCC(F)(F)F)c1n[nH]c2c1CNCC2. The molecule has 10 heteroatoms. The van der Waals surface area contributed by atoms with Gasteiger partial charge in [0.2, 0.25) is 0 Å². The van der Waals surface area contributed by atoms with Gasteiger partial charge >= 0.3 is 6.18 Å². The van der Waals surface area contributed by atoms with E-state index in [9.17, 15) is 22.4 Å². The number of aromatic nitrogens is 2. The smallest absolute Gasteiger partial charge is 0.422 e. The monoisotopic (exact) mass is 358 g/mol. The van der Waals surface area contributed by atoms with E-state index in [1.807, 2.05) is 0 Å². The quantitative estimate of drug-likeness (QED) is 0.734. The first-order valence-electron chi connectivity index (χ1n) is 7.41. The molecule has 3 N–H and O–H groups in total. The topological polar surface area (TPSA) is 79.0 Å². The van der Waals surface area contributed by atoms with Gasteiger partial charge in [-0.25, -0.2) is 4.39 Å². The molecule has 2 aromatic rings. The molecule has 1 aromatic carbocycles. The van der Waals surface area contributed by atoms with E-state index in [1.54, 1.807) is 0 Å². The number of halogens is 4. The van der Waals surface area contributed by atoms with Crippen LogP contribution in [0.1, 0.15) is 21.7 Å². The van der Waals surface area contributed by atoms with Gasteiger partial charge in [0.25, 0.3) is 5.91 Å². The number of carbonyl (C=O) groups is 1. The minimum atomic E-state index is -4.58. The Morgan fingerprint density at radius 2 is 2.16 bits per heavy atom. The fourth-order valence-corrected chi connectivity index (χ4v) is 2.47. The third kappa shape index (κ3) is 4.08. The number of alkyl halides is 3. The molecule has 0 fully saturated rings. The fraction of sp³-hybridized carbons (Fsp3) is 0.333. The number of aromatic amines is 1. The van der Waals surface area contributed by atoms with Crippen molar-refractivity contribution in [3.05, 3.63) is 41.0 Å². The number of hydrogen-bond donors (Lipinski definition) is 3. The number of benzene rings is 1.